The van der Waals surface area contributed by atoms with Gasteiger partial charge in [-0.1, -0.05) is 31.5 Å². The topological polar surface area (TPSA) is 29.3 Å². The van der Waals surface area contributed by atoms with Crippen LogP contribution in [-0.4, -0.2) is 13.6 Å². The van der Waals surface area contributed by atoms with Gasteiger partial charge in [0.15, 0.2) is 0 Å². The minimum Gasteiger partial charge on any atom is -0.374 e. The van der Waals surface area contributed by atoms with Gasteiger partial charge in [-0.3, -0.25) is 0 Å². The molecule has 0 aliphatic rings. The summed E-state index contributed by atoms with van der Waals surface area (Å²) in [5, 5.41) is 0.755. The molecule has 1 aromatic rings. The van der Waals surface area contributed by atoms with Crippen LogP contribution >= 0.6 is 11.6 Å². The van der Waals surface area contributed by atoms with Crippen molar-refractivity contribution in [3.63, 3.8) is 0 Å². The molecule has 1 rings (SSSR count). The summed E-state index contributed by atoms with van der Waals surface area (Å²) in [4.78, 5) is 2.21. The fraction of sp³-hybridized carbons (Fsp3) is 0.500. The monoisotopic (exact) mass is 226 g/mol. The first-order chi connectivity index (χ1) is 7.06. The van der Waals surface area contributed by atoms with E-state index in [1.807, 2.05) is 12.1 Å². The van der Waals surface area contributed by atoms with Gasteiger partial charge < -0.3 is 10.6 Å². The van der Waals surface area contributed by atoms with Crippen molar-refractivity contribution < 1.29 is 0 Å². The minimum absolute atomic E-state index is 0.484. The van der Waals surface area contributed by atoms with Crippen molar-refractivity contribution >= 4 is 17.3 Å². The van der Waals surface area contributed by atoms with Gasteiger partial charge in [-0.25, -0.2) is 0 Å². The lowest BCUT2D eigenvalue weighted by Gasteiger charge is -2.24. The summed E-state index contributed by atoms with van der Waals surface area (Å²) in [5.74, 6) is 0.625. The first kappa shape index (κ1) is 12.3. The van der Waals surface area contributed by atoms with Crippen LogP contribution in [0.4, 0.5) is 5.69 Å². The van der Waals surface area contributed by atoms with E-state index in [4.69, 9.17) is 17.3 Å². The largest absolute Gasteiger partial charge is 0.374 e. The Bertz CT molecular complexity index is 323. The molecule has 84 valence electrons. The molecule has 0 fully saturated rings. The Labute approximate surface area is 97.0 Å². The number of benzene rings is 1. The maximum absolute atomic E-state index is 6.10. The number of hydrogen-bond acceptors (Lipinski definition) is 2. The van der Waals surface area contributed by atoms with Gasteiger partial charge in [-0.15, -0.1) is 0 Å². The summed E-state index contributed by atoms with van der Waals surface area (Å²) in [6.45, 7) is 5.89. The van der Waals surface area contributed by atoms with E-state index >= 15 is 0 Å². The van der Waals surface area contributed by atoms with Crippen molar-refractivity contribution in [2.75, 3.05) is 18.5 Å². The van der Waals surface area contributed by atoms with Gasteiger partial charge in [0.25, 0.3) is 0 Å². The lowest BCUT2D eigenvalue weighted by atomic mass is 10.1. The quantitative estimate of drug-likeness (QED) is 0.856. The number of nitrogens with zero attached hydrogens (tertiary/aromatic N) is 1. The molecule has 0 spiro atoms. The molecular weight excluding hydrogens is 208 g/mol. The normalized spacial score (nSPS) is 10.8. The Hall–Kier alpha value is -0.730. The molecule has 0 radical (unpaired) electrons. The Morgan fingerprint density at radius 2 is 2.07 bits per heavy atom. The molecule has 0 unspecified atom stereocenters. The lowest BCUT2D eigenvalue weighted by Crippen LogP contribution is -2.24. The number of nitrogens with two attached hydrogens (primary N) is 1. The highest BCUT2D eigenvalue weighted by Gasteiger charge is 2.10. The van der Waals surface area contributed by atoms with E-state index in [0.29, 0.717) is 12.5 Å². The summed E-state index contributed by atoms with van der Waals surface area (Å²) in [5.41, 5.74) is 7.88. The van der Waals surface area contributed by atoms with E-state index in [9.17, 15) is 0 Å². The third-order valence-electron chi connectivity index (χ3n) is 2.35. The summed E-state index contributed by atoms with van der Waals surface area (Å²) in [7, 11) is 2.07. The molecule has 3 heteroatoms. The van der Waals surface area contributed by atoms with Crippen molar-refractivity contribution in [2.24, 2.45) is 11.7 Å². The maximum Gasteiger partial charge on any atom is 0.0471 e. The molecule has 0 saturated heterocycles. The van der Waals surface area contributed by atoms with Crippen LogP contribution in [-0.2, 0) is 6.54 Å². The second-order valence-electron chi connectivity index (χ2n) is 4.22. The zero-order chi connectivity index (χ0) is 11.4. The predicted octanol–water partition coefficient (Wildman–Crippen LogP) is 2.89. The molecule has 2 nitrogen and oxygen atoms in total. The first-order valence-corrected chi connectivity index (χ1v) is 5.62. The van der Waals surface area contributed by atoms with Crippen LogP contribution in [0.5, 0.6) is 0 Å². The predicted molar refractivity (Wildman–Crippen MR) is 67.5 cm³/mol. The van der Waals surface area contributed by atoms with Gasteiger partial charge >= 0.3 is 0 Å². The minimum atomic E-state index is 0.484. The highest BCUT2D eigenvalue weighted by atomic mass is 35.5. The maximum atomic E-state index is 6.10. The number of rotatable bonds is 4. The van der Waals surface area contributed by atoms with Crippen LogP contribution in [0.25, 0.3) is 0 Å². The van der Waals surface area contributed by atoms with Crippen LogP contribution in [0, 0.1) is 5.92 Å². The SMILES string of the molecule is CC(C)CN(C)c1cccc(Cl)c1CN. The Balaban J connectivity index is 2.97. The van der Waals surface area contributed by atoms with Crippen molar-refractivity contribution in [1.29, 1.82) is 0 Å². The lowest BCUT2D eigenvalue weighted by molar-refractivity contribution is 0.637. The van der Waals surface area contributed by atoms with E-state index < -0.39 is 0 Å². The second kappa shape index (κ2) is 5.38. The van der Waals surface area contributed by atoms with Crippen molar-refractivity contribution in [3.05, 3.63) is 28.8 Å². The molecule has 0 aliphatic heterocycles. The molecular formula is C12H19ClN2. The van der Waals surface area contributed by atoms with Gasteiger partial charge in [0.05, 0.1) is 0 Å². The van der Waals surface area contributed by atoms with Crippen molar-refractivity contribution in [1.82, 2.24) is 0 Å². The molecule has 2 N–H and O–H groups in total. The standard InChI is InChI=1S/C12H19ClN2/c1-9(2)8-15(3)12-6-4-5-11(13)10(12)7-14/h4-6,9H,7-8,14H2,1-3H3. The summed E-state index contributed by atoms with van der Waals surface area (Å²) in [6, 6.07) is 5.92. The zero-order valence-corrected chi connectivity index (χ0v) is 10.4. The molecule has 15 heavy (non-hydrogen) atoms. The van der Waals surface area contributed by atoms with Gasteiger partial charge in [-0.05, 0) is 18.1 Å². The van der Waals surface area contributed by atoms with Crippen LogP contribution in [0.1, 0.15) is 19.4 Å². The van der Waals surface area contributed by atoms with E-state index in [1.165, 1.54) is 0 Å². The van der Waals surface area contributed by atoms with Gasteiger partial charge in [-0.2, -0.15) is 0 Å². The Morgan fingerprint density at radius 1 is 1.40 bits per heavy atom. The number of halogens is 1. The molecule has 0 heterocycles. The van der Waals surface area contributed by atoms with Crippen LogP contribution in [0.15, 0.2) is 18.2 Å². The number of hydrogen-bond donors (Lipinski definition) is 1. The molecule has 0 bridgehead atoms. The average Bonchev–Trinajstić information content (AvgIpc) is 2.16. The van der Waals surface area contributed by atoms with Gasteiger partial charge in [0.1, 0.15) is 0 Å². The molecule has 0 saturated carbocycles. The van der Waals surface area contributed by atoms with Crippen molar-refractivity contribution in [3.8, 4) is 0 Å². The summed E-state index contributed by atoms with van der Waals surface area (Å²) >= 11 is 6.10. The number of anilines is 1. The summed E-state index contributed by atoms with van der Waals surface area (Å²) in [6.07, 6.45) is 0. The van der Waals surface area contributed by atoms with E-state index in [1.54, 1.807) is 0 Å². The third kappa shape index (κ3) is 3.11. The third-order valence-corrected chi connectivity index (χ3v) is 2.70. The first-order valence-electron chi connectivity index (χ1n) is 5.24. The van der Waals surface area contributed by atoms with Gasteiger partial charge in [0.2, 0.25) is 0 Å². The fourth-order valence-corrected chi connectivity index (χ4v) is 2.00. The van der Waals surface area contributed by atoms with Crippen LogP contribution in [0.2, 0.25) is 5.02 Å². The van der Waals surface area contributed by atoms with Crippen molar-refractivity contribution in [2.45, 2.75) is 20.4 Å². The van der Waals surface area contributed by atoms with E-state index in [2.05, 4.69) is 31.9 Å². The Morgan fingerprint density at radius 3 is 2.60 bits per heavy atom. The van der Waals surface area contributed by atoms with Crippen LogP contribution in [0.3, 0.4) is 0 Å². The second-order valence-corrected chi connectivity index (χ2v) is 4.62. The smallest absolute Gasteiger partial charge is 0.0471 e. The Kier molecular flexibility index (Phi) is 4.43. The molecule has 0 aliphatic carbocycles. The molecule has 0 aromatic heterocycles. The zero-order valence-electron chi connectivity index (χ0n) is 9.63. The van der Waals surface area contributed by atoms with E-state index in [0.717, 1.165) is 22.8 Å². The molecule has 0 atom stereocenters. The van der Waals surface area contributed by atoms with Crippen LogP contribution < -0.4 is 10.6 Å². The average molecular weight is 227 g/mol. The highest BCUT2D eigenvalue weighted by molar-refractivity contribution is 6.31. The fourth-order valence-electron chi connectivity index (χ4n) is 1.75. The van der Waals surface area contributed by atoms with E-state index in [-0.39, 0.29) is 0 Å². The molecule has 0 amide bonds. The molecule has 1 aromatic carbocycles. The highest BCUT2D eigenvalue weighted by Crippen LogP contribution is 2.26. The summed E-state index contributed by atoms with van der Waals surface area (Å²) < 4.78 is 0. The van der Waals surface area contributed by atoms with Gasteiger partial charge in [0, 0.05) is 36.4 Å².